The van der Waals surface area contributed by atoms with E-state index in [2.05, 4.69) is 10.3 Å². The number of amides is 2. The highest BCUT2D eigenvalue weighted by molar-refractivity contribution is 6.35. The number of nitrogens with one attached hydrogen (secondary N) is 1. The maximum Gasteiger partial charge on any atom is 0.274 e. The number of hydrogen-bond acceptors (Lipinski definition) is 3. The summed E-state index contributed by atoms with van der Waals surface area (Å²) in [4.78, 5) is 30.8. The van der Waals surface area contributed by atoms with Crippen molar-refractivity contribution in [3.8, 4) is 0 Å². The molecule has 0 radical (unpaired) electrons. The van der Waals surface area contributed by atoms with E-state index in [-0.39, 0.29) is 24.1 Å². The first-order chi connectivity index (χ1) is 13.8. The molecule has 0 unspecified atom stereocenters. The molecule has 1 aromatic heterocycles. The number of rotatable bonds is 5. The zero-order valence-electron chi connectivity index (χ0n) is 15.3. The van der Waals surface area contributed by atoms with Gasteiger partial charge in [0, 0.05) is 46.1 Å². The van der Waals surface area contributed by atoms with Gasteiger partial charge in [-0.2, -0.15) is 0 Å². The third kappa shape index (κ3) is 5.48. The van der Waals surface area contributed by atoms with Crippen LogP contribution >= 0.6 is 34.8 Å². The lowest BCUT2D eigenvalue weighted by Crippen LogP contribution is -2.27. The lowest BCUT2D eigenvalue weighted by Gasteiger charge is -2.20. The monoisotopic (exact) mass is 447 g/mol. The van der Waals surface area contributed by atoms with E-state index in [4.69, 9.17) is 34.8 Å². The van der Waals surface area contributed by atoms with Crippen LogP contribution in [0.5, 0.6) is 0 Å². The molecular weight excluding hydrogens is 433 g/mol. The van der Waals surface area contributed by atoms with Crippen LogP contribution in [-0.2, 0) is 6.54 Å². The topological polar surface area (TPSA) is 62.3 Å². The van der Waals surface area contributed by atoms with Gasteiger partial charge in [0.2, 0.25) is 0 Å². The molecule has 2 amide bonds. The van der Waals surface area contributed by atoms with E-state index in [0.717, 1.165) is 0 Å². The van der Waals surface area contributed by atoms with Gasteiger partial charge in [-0.3, -0.25) is 14.6 Å². The summed E-state index contributed by atoms with van der Waals surface area (Å²) in [6.07, 6.45) is 1.54. The van der Waals surface area contributed by atoms with Gasteiger partial charge in [-0.15, -0.1) is 0 Å². The molecule has 8 heteroatoms. The van der Waals surface area contributed by atoms with E-state index in [9.17, 15) is 9.59 Å². The van der Waals surface area contributed by atoms with Crippen molar-refractivity contribution < 1.29 is 9.59 Å². The first-order valence-corrected chi connectivity index (χ1v) is 9.69. The average Bonchev–Trinajstić information content (AvgIpc) is 2.69. The lowest BCUT2D eigenvalue weighted by molar-refractivity contribution is 0.0785. The maximum atomic E-state index is 12.8. The molecule has 0 spiro atoms. The van der Waals surface area contributed by atoms with Crippen molar-refractivity contribution in [1.29, 1.82) is 0 Å². The van der Waals surface area contributed by atoms with E-state index in [0.29, 0.717) is 31.9 Å². The molecule has 148 valence electrons. The predicted octanol–water partition coefficient (Wildman–Crippen LogP) is 5.57. The highest BCUT2D eigenvalue weighted by Gasteiger charge is 2.17. The molecule has 5 nitrogen and oxygen atoms in total. The van der Waals surface area contributed by atoms with Gasteiger partial charge in [0.25, 0.3) is 11.8 Å². The molecule has 0 aliphatic carbocycles. The second kappa shape index (κ2) is 9.27. The van der Waals surface area contributed by atoms with Crippen LogP contribution in [0.4, 0.5) is 5.69 Å². The number of carbonyl (C=O) groups excluding carboxylic acids is 2. The summed E-state index contributed by atoms with van der Waals surface area (Å²) in [5.74, 6) is -0.624. The summed E-state index contributed by atoms with van der Waals surface area (Å²) in [6.45, 7) is 0.210. The van der Waals surface area contributed by atoms with Crippen molar-refractivity contribution in [2.75, 3.05) is 12.4 Å². The minimum absolute atomic E-state index is 0.210. The fourth-order valence-electron chi connectivity index (χ4n) is 2.72. The predicted molar refractivity (Wildman–Crippen MR) is 116 cm³/mol. The van der Waals surface area contributed by atoms with Crippen molar-refractivity contribution in [2.45, 2.75) is 6.54 Å². The first-order valence-electron chi connectivity index (χ1n) is 8.56. The molecule has 29 heavy (non-hydrogen) atoms. The van der Waals surface area contributed by atoms with Gasteiger partial charge >= 0.3 is 0 Å². The van der Waals surface area contributed by atoms with Crippen LogP contribution in [0, 0.1) is 0 Å². The molecule has 3 aromatic rings. The summed E-state index contributed by atoms with van der Waals surface area (Å²) in [6, 6.07) is 14.8. The quantitative estimate of drug-likeness (QED) is 0.555. The Hall–Kier alpha value is -2.60. The summed E-state index contributed by atoms with van der Waals surface area (Å²) >= 11 is 18.1. The summed E-state index contributed by atoms with van der Waals surface area (Å²) in [5, 5.41) is 4.06. The van der Waals surface area contributed by atoms with Crippen molar-refractivity contribution in [3.63, 3.8) is 0 Å². The van der Waals surface area contributed by atoms with Gasteiger partial charge < -0.3 is 10.2 Å². The van der Waals surface area contributed by atoms with E-state index < -0.39 is 0 Å². The van der Waals surface area contributed by atoms with Gasteiger partial charge in [-0.05, 0) is 54.1 Å². The normalized spacial score (nSPS) is 10.5. The Morgan fingerprint density at radius 3 is 2.34 bits per heavy atom. The second-order valence-electron chi connectivity index (χ2n) is 6.29. The average molecular weight is 449 g/mol. The van der Waals surface area contributed by atoms with Crippen LogP contribution in [0.15, 0.2) is 60.8 Å². The highest BCUT2D eigenvalue weighted by Crippen LogP contribution is 2.24. The van der Waals surface area contributed by atoms with Crippen LogP contribution in [0.3, 0.4) is 0 Å². The molecule has 0 bridgehead atoms. The molecular formula is C21H16Cl3N3O2. The summed E-state index contributed by atoms with van der Waals surface area (Å²) < 4.78 is 0. The molecule has 0 saturated carbocycles. The third-order valence-electron chi connectivity index (χ3n) is 4.08. The molecule has 0 atom stereocenters. The van der Waals surface area contributed by atoms with Gasteiger partial charge in [0.05, 0.1) is 0 Å². The number of hydrogen-bond donors (Lipinski definition) is 1. The maximum absolute atomic E-state index is 12.8. The van der Waals surface area contributed by atoms with Gasteiger partial charge in [-0.1, -0.05) is 40.9 Å². The van der Waals surface area contributed by atoms with Crippen molar-refractivity contribution in [1.82, 2.24) is 9.88 Å². The molecule has 1 N–H and O–H groups in total. The summed E-state index contributed by atoms with van der Waals surface area (Å²) in [5.41, 5.74) is 1.86. The molecule has 0 fully saturated rings. The van der Waals surface area contributed by atoms with E-state index >= 15 is 0 Å². The Balaban J connectivity index is 1.82. The van der Waals surface area contributed by atoms with E-state index in [1.165, 1.54) is 4.90 Å². The zero-order valence-corrected chi connectivity index (χ0v) is 17.6. The number of halogens is 3. The number of anilines is 1. The largest absolute Gasteiger partial charge is 0.337 e. The number of aromatic nitrogens is 1. The van der Waals surface area contributed by atoms with Crippen LogP contribution in [-0.4, -0.2) is 28.7 Å². The van der Waals surface area contributed by atoms with E-state index in [1.54, 1.807) is 67.8 Å². The fraction of sp³-hybridized carbons (Fsp3) is 0.0952. The standard InChI is InChI=1S/C21H16Cl3N3O2/c1-27(21(29)13-8-16(23)11-17(24)9-13)12-14-10-15(22)5-6-18(14)26-20(28)19-4-2-3-7-25-19/h2-11H,12H2,1H3,(H,26,28). The third-order valence-corrected chi connectivity index (χ3v) is 4.75. The van der Waals surface area contributed by atoms with Crippen LogP contribution in [0.2, 0.25) is 15.1 Å². The molecule has 0 aliphatic heterocycles. The van der Waals surface area contributed by atoms with Crippen LogP contribution in [0.1, 0.15) is 26.4 Å². The lowest BCUT2D eigenvalue weighted by atomic mass is 10.1. The van der Waals surface area contributed by atoms with Crippen molar-refractivity contribution >= 4 is 52.3 Å². The Morgan fingerprint density at radius 1 is 0.966 bits per heavy atom. The Labute approximate surface area is 183 Å². The smallest absolute Gasteiger partial charge is 0.274 e. The van der Waals surface area contributed by atoms with E-state index in [1.807, 2.05) is 0 Å². The second-order valence-corrected chi connectivity index (χ2v) is 7.60. The zero-order chi connectivity index (χ0) is 21.0. The van der Waals surface area contributed by atoms with Crippen LogP contribution < -0.4 is 5.32 Å². The van der Waals surface area contributed by atoms with Crippen molar-refractivity contribution in [2.24, 2.45) is 0 Å². The van der Waals surface area contributed by atoms with Gasteiger partial charge in [0.15, 0.2) is 0 Å². The molecule has 3 rings (SSSR count). The summed E-state index contributed by atoms with van der Waals surface area (Å²) in [7, 11) is 1.64. The number of nitrogens with zero attached hydrogens (tertiary/aromatic N) is 2. The number of pyridine rings is 1. The van der Waals surface area contributed by atoms with Crippen LogP contribution in [0.25, 0.3) is 0 Å². The number of carbonyl (C=O) groups is 2. The minimum Gasteiger partial charge on any atom is -0.337 e. The molecule has 2 aromatic carbocycles. The Bertz CT molecular complexity index is 1040. The van der Waals surface area contributed by atoms with Gasteiger partial charge in [0.1, 0.15) is 5.69 Å². The molecule has 1 heterocycles. The molecule has 0 saturated heterocycles. The van der Waals surface area contributed by atoms with Gasteiger partial charge in [-0.25, -0.2) is 0 Å². The SMILES string of the molecule is CN(Cc1cc(Cl)ccc1NC(=O)c1ccccn1)C(=O)c1cc(Cl)cc(Cl)c1. The molecule has 0 aliphatic rings. The Morgan fingerprint density at radius 2 is 1.69 bits per heavy atom. The highest BCUT2D eigenvalue weighted by atomic mass is 35.5. The first kappa shape index (κ1) is 21.1. The minimum atomic E-state index is -0.357. The Kier molecular flexibility index (Phi) is 6.75. The van der Waals surface area contributed by atoms with Crippen molar-refractivity contribution in [3.05, 3.63) is 92.7 Å². The number of benzene rings is 2. The fourth-order valence-corrected chi connectivity index (χ4v) is 3.44.